The third-order valence-corrected chi connectivity index (χ3v) is 4.05. The Hall–Kier alpha value is -1.55. The highest BCUT2D eigenvalue weighted by Crippen LogP contribution is 2.34. The van der Waals surface area contributed by atoms with Crippen molar-refractivity contribution in [2.45, 2.75) is 26.7 Å². The van der Waals surface area contributed by atoms with E-state index < -0.39 is 5.41 Å². The maximum absolute atomic E-state index is 12.4. The summed E-state index contributed by atoms with van der Waals surface area (Å²) in [7, 11) is 0. The number of nitrogens with one attached hydrogen (secondary N) is 2. The second kappa shape index (κ2) is 5.61. The lowest BCUT2D eigenvalue weighted by Crippen LogP contribution is -2.44. The van der Waals surface area contributed by atoms with E-state index in [4.69, 9.17) is 0 Å². The van der Waals surface area contributed by atoms with Crippen molar-refractivity contribution >= 4 is 11.6 Å². The molecule has 1 amide bonds. The number of anilines is 1. The second-order valence-electron chi connectivity index (χ2n) is 5.74. The zero-order chi connectivity index (χ0) is 13.9. The number of aromatic hydroxyl groups is 1. The van der Waals surface area contributed by atoms with E-state index in [1.165, 1.54) is 0 Å². The number of carbonyl (C=O) groups is 1. The quantitative estimate of drug-likeness (QED) is 0.733. The summed E-state index contributed by atoms with van der Waals surface area (Å²) in [5, 5.41) is 15.9. The highest BCUT2D eigenvalue weighted by molar-refractivity contribution is 5.96. The summed E-state index contributed by atoms with van der Waals surface area (Å²) in [5.74, 6) is 0.392. The molecule has 1 heterocycles. The number of carbonyl (C=O) groups excluding carboxylic acids is 1. The Morgan fingerprint density at radius 2 is 2.16 bits per heavy atom. The molecule has 3 N–H and O–H groups in total. The van der Waals surface area contributed by atoms with Gasteiger partial charge in [0.2, 0.25) is 5.91 Å². The molecule has 1 aromatic rings. The molecule has 1 aromatic carbocycles. The summed E-state index contributed by atoms with van der Waals surface area (Å²) in [5.41, 5.74) is 0.0275. The third-order valence-electron chi connectivity index (χ3n) is 4.05. The molecule has 4 nitrogen and oxygen atoms in total. The first-order valence-corrected chi connectivity index (χ1v) is 6.82. The average molecular weight is 262 g/mol. The molecular formula is C15H22N2O2. The van der Waals surface area contributed by atoms with Gasteiger partial charge in [0.05, 0.1) is 5.69 Å². The normalized spacial score (nSPS) is 20.0. The molecule has 1 saturated heterocycles. The molecule has 1 unspecified atom stereocenters. The van der Waals surface area contributed by atoms with Crippen LogP contribution in [-0.4, -0.2) is 24.1 Å². The van der Waals surface area contributed by atoms with Gasteiger partial charge >= 0.3 is 0 Å². The maximum Gasteiger partial charge on any atom is 0.230 e. The molecule has 0 radical (unpaired) electrons. The summed E-state index contributed by atoms with van der Waals surface area (Å²) in [6.07, 6.45) is 2.17. The molecular weight excluding hydrogens is 240 g/mol. The Morgan fingerprint density at radius 1 is 1.42 bits per heavy atom. The standard InChI is InChI=1S/C15H22N2O2/c1-15(2,11-6-5-9-16-10-11)14(19)17-12-7-3-4-8-13(12)18/h3-4,7-8,11,16,18H,5-6,9-10H2,1-2H3,(H,17,19). The molecule has 2 rings (SSSR count). The number of benzene rings is 1. The van der Waals surface area contributed by atoms with Crippen LogP contribution >= 0.6 is 0 Å². The molecule has 1 aliphatic heterocycles. The topological polar surface area (TPSA) is 61.4 Å². The number of hydrogen-bond acceptors (Lipinski definition) is 3. The fourth-order valence-electron chi connectivity index (χ4n) is 2.52. The summed E-state index contributed by atoms with van der Waals surface area (Å²) < 4.78 is 0. The lowest BCUT2D eigenvalue weighted by molar-refractivity contribution is -0.127. The molecule has 19 heavy (non-hydrogen) atoms. The van der Waals surface area contributed by atoms with Crippen molar-refractivity contribution in [1.82, 2.24) is 5.32 Å². The Kier molecular flexibility index (Phi) is 4.10. The van der Waals surface area contributed by atoms with Gasteiger partial charge in [0, 0.05) is 5.41 Å². The van der Waals surface area contributed by atoms with Gasteiger partial charge in [0.25, 0.3) is 0 Å². The minimum Gasteiger partial charge on any atom is -0.506 e. The van der Waals surface area contributed by atoms with Crippen LogP contribution in [0.2, 0.25) is 0 Å². The number of piperidine rings is 1. The zero-order valence-electron chi connectivity index (χ0n) is 11.6. The van der Waals surface area contributed by atoms with Crippen molar-refractivity contribution in [2.24, 2.45) is 11.3 Å². The van der Waals surface area contributed by atoms with Gasteiger partial charge in [0.1, 0.15) is 5.75 Å². The Balaban J connectivity index is 2.08. The van der Waals surface area contributed by atoms with E-state index in [0.29, 0.717) is 11.6 Å². The van der Waals surface area contributed by atoms with Crippen LogP contribution in [-0.2, 0) is 4.79 Å². The van der Waals surface area contributed by atoms with Gasteiger partial charge < -0.3 is 15.7 Å². The molecule has 1 atom stereocenters. The van der Waals surface area contributed by atoms with Gasteiger partial charge in [-0.3, -0.25) is 4.79 Å². The fourth-order valence-corrected chi connectivity index (χ4v) is 2.52. The molecule has 0 bridgehead atoms. The van der Waals surface area contributed by atoms with Crippen LogP contribution in [0.15, 0.2) is 24.3 Å². The van der Waals surface area contributed by atoms with Crippen LogP contribution < -0.4 is 10.6 Å². The predicted octanol–water partition coefficient (Wildman–Crippen LogP) is 2.36. The Bertz CT molecular complexity index is 451. The monoisotopic (exact) mass is 262 g/mol. The summed E-state index contributed by atoms with van der Waals surface area (Å²) in [6, 6.07) is 6.82. The average Bonchev–Trinajstić information content (AvgIpc) is 2.42. The van der Waals surface area contributed by atoms with E-state index in [2.05, 4.69) is 10.6 Å². The minimum absolute atomic E-state index is 0.0392. The summed E-state index contributed by atoms with van der Waals surface area (Å²) in [4.78, 5) is 12.4. The van der Waals surface area contributed by atoms with Crippen LogP contribution in [0.5, 0.6) is 5.75 Å². The lowest BCUT2D eigenvalue weighted by Gasteiger charge is -2.36. The molecule has 0 aliphatic carbocycles. The van der Waals surface area contributed by atoms with Crippen molar-refractivity contribution in [3.05, 3.63) is 24.3 Å². The van der Waals surface area contributed by atoms with E-state index >= 15 is 0 Å². The lowest BCUT2D eigenvalue weighted by atomic mass is 9.74. The van der Waals surface area contributed by atoms with Crippen molar-refractivity contribution < 1.29 is 9.90 Å². The first-order valence-electron chi connectivity index (χ1n) is 6.82. The molecule has 4 heteroatoms. The number of phenolic OH excluding ortho intramolecular Hbond substituents is 1. The number of phenols is 1. The third kappa shape index (κ3) is 3.07. The van der Waals surface area contributed by atoms with Crippen molar-refractivity contribution in [2.75, 3.05) is 18.4 Å². The van der Waals surface area contributed by atoms with Crippen LogP contribution in [0, 0.1) is 11.3 Å². The van der Waals surface area contributed by atoms with Gasteiger partial charge in [-0.05, 0) is 44.0 Å². The van der Waals surface area contributed by atoms with E-state index in [1.807, 2.05) is 13.8 Å². The Labute approximate surface area is 114 Å². The smallest absolute Gasteiger partial charge is 0.230 e. The van der Waals surface area contributed by atoms with E-state index in [0.717, 1.165) is 25.9 Å². The SMILES string of the molecule is CC(C)(C(=O)Nc1ccccc1O)C1CCCNC1. The maximum atomic E-state index is 12.4. The number of para-hydroxylation sites is 2. The molecule has 1 aliphatic rings. The van der Waals surface area contributed by atoms with Crippen LogP contribution in [0.4, 0.5) is 5.69 Å². The molecule has 0 spiro atoms. The highest BCUT2D eigenvalue weighted by Gasteiger charge is 2.37. The highest BCUT2D eigenvalue weighted by atomic mass is 16.3. The Morgan fingerprint density at radius 3 is 2.79 bits per heavy atom. The number of amides is 1. The molecule has 1 fully saturated rings. The predicted molar refractivity (Wildman–Crippen MR) is 76.1 cm³/mol. The first kappa shape index (κ1) is 13.9. The van der Waals surface area contributed by atoms with Gasteiger partial charge in [-0.25, -0.2) is 0 Å². The molecule has 104 valence electrons. The van der Waals surface area contributed by atoms with Crippen LogP contribution in [0.3, 0.4) is 0 Å². The molecule has 0 aromatic heterocycles. The second-order valence-corrected chi connectivity index (χ2v) is 5.74. The van der Waals surface area contributed by atoms with Gasteiger partial charge in [-0.1, -0.05) is 26.0 Å². The largest absolute Gasteiger partial charge is 0.506 e. The van der Waals surface area contributed by atoms with E-state index in [9.17, 15) is 9.90 Å². The van der Waals surface area contributed by atoms with Crippen molar-refractivity contribution in [3.63, 3.8) is 0 Å². The number of hydrogen-bond donors (Lipinski definition) is 3. The van der Waals surface area contributed by atoms with Gasteiger partial charge in [-0.2, -0.15) is 0 Å². The van der Waals surface area contributed by atoms with Crippen LogP contribution in [0.1, 0.15) is 26.7 Å². The van der Waals surface area contributed by atoms with Crippen molar-refractivity contribution in [1.29, 1.82) is 0 Å². The van der Waals surface area contributed by atoms with E-state index in [-0.39, 0.29) is 11.7 Å². The van der Waals surface area contributed by atoms with Gasteiger partial charge in [-0.15, -0.1) is 0 Å². The minimum atomic E-state index is -0.449. The summed E-state index contributed by atoms with van der Waals surface area (Å²) >= 11 is 0. The first-order chi connectivity index (χ1) is 9.01. The number of rotatable bonds is 3. The zero-order valence-corrected chi connectivity index (χ0v) is 11.6. The van der Waals surface area contributed by atoms with E-state index in [1.54, 1.807) is 24.3 Å². The van der Waals surface area contributed by atoms with Gasteiger partial charge in [0.15, 0.2) is 0 Å². The van der Waals surface area contributed by atoms with Crippen molar-refractivity contribution in [3.8, 4) is 5.75 Å². The fraction of sp³-hybridized carbons (Fsp3) is 0.533. The van der Waals surface area contributed by atoms with Crippen LogP contribution in [0.25, 0.3) is 0 Å². The summed E-state index contributed by atoms with van der Waals surface area (Å²) in [6.45, 7) is 5.86. The molecule has 0 saturated carbocycles.